The molecule has 6 nitrogen and oxygen atoms in total. The van der Waals surface area contributed by atoms with Gasteiger partial charge in [0.25, 0.3) is 5.88 Å². The molecule has 1 aliphatic carbocycles. The molecule has 110 valence electrons. The van der Waals surface area contributed by atoms with E-state index < -0.39 is 5.97 Å². The zero-order valence-electron chi connectivity index (χ0n) is 11.9. The summed E-state index contributed by atoms with van der Waals surface area (Å²) in [7, 11) is 0. The van der Waals surface area contributed by atoms with E-state index in [0.717, 1.165) is 18.5 Å². The molecule has 2 rings (SSSR count). The molecule has 0 saturated heterocycles. The minimum absolute atomic E-state index is 0.147. The molecule has 1 aliphatic rings. The molecule has 1 fully saturated rings. The topological polar surface area (TPSA) is 98.3 Å². The van der Waals surface area contributed by atoms with E-state index >= 15 is 0 Å². The highest BCUT2D eigenvalue weighted by Gasteiger charge is 2.28. The summed E-state index contributed by atoms with van der Waals surface area (Å²) in [5.41, 5.74) is 6.68. The highest BCUT2D eigenvalue weighted by atomic mass is 16.5. The predicted octanol–water partition coefficient (Wildman–Crippen LogP) is 2.20. The van der Waals surface area contributed by atoms with Crippen LogP contribution >= 0.6 is 0 Å². The third-order valence-corrected chi connectivity index (χ3v) is 3.63. The number of aromatic nitrogens is 2. The largest absolute Gasteiger partial charge is 0.481 e. The molecule has 0 bridgehead atoms. The molecule has 0 aromatic carbocycles. The minimum atomic E-state index is -0.757. The summed E-state index contributed by atoms with van der Waals surface area (Å²) >= 11 is 0. The second-order valence-corrected chi connectivity index (χ2v) is 5.58. The normalized spacial score (nSPS) is 22.8. The van der Waals surface area contributed by atoms with Crippen molar-refractivity contribution in [3.8, 4) is 5.88 Å². The molecule has 1 heterocycles. The van der Waals surface area contributed by atoms with Gasteiger partial charge in [0.1, 0.15) is 6.10 Å². The first-order valence-electron chi connectivity index (χ1n) is 6.99. The van der Waals surface area contributed by atoms with Crippen molar-refractivity contribution >= 4 is 11.8 Å². The fourth-order valence-electron chi connectivity index (χ4n) is 2.41. The lowest BCUT2D eigenvalue weighted by atomic mass is 9.87. The standard InChI is InChI=1S/C14H21N3O3/c1-8(2)11-7-16-13(12(15)17-11)20-10-5-3-4-9(6-10)14(18)19/h7-10H,3-6H2,1-2H3,(H2,15,17)(H,18,19)/t9-,10-/m0/s1. The third kappa shape index (κ3) is 3.37. The molecule has 0 spiro atoms. The third-order valence-electron chi connectivity index (χ3n) is 3.63. The number of nitrogen functional groups attached to an aromatic ring is 1. The van der Waals surface area contributed by atoms with Crippen LogP contribution in [0, 0.1) is 5.92 Å². The van der Waals surface area contributed by atoms with Gasteiger partial charge in [-0.15, -0.1) is 0 Å². The van der Waals surface area contributed by atoms with Crippen molar-refractivity contribution in [2.45, 2.75) is 51.6 Å². The number of carboxylic acids is 1. The zero-order valence-corrected chi connectivity index (χ0v) is 11.9. The number of hydrogen-bond acceptors (Lipinski definition) is 5. The van der Waals surface area contributed by atoms with E-state index in [1.54, 1.807) is 6.20 Å². The minimum Gasteiger partial charge on any atom is -0.481 e. The Morgan fingerprint density at radius 2 is 2.25 bits per heavy atom. The lowest BCUT2D eigenvalue weighted by Gasteiger charge is -2.27. The molecule has 6 heteroatoms. The van der Waals surface area contributed by atoms with E-state index in [-0.39, 0.29) is 23.8 Å². The first-order chi connectivity index (χ1) is 9.47. The number of carboxylic acid groups (broad SMARTS) is 1. The number of aliphatic carboxylic acids is 1. The fourth-order valence-corrected chi connectivity index (χ4v) is 2.41. The van der Waals surface area contributed by atoms with Gasteiger partial charge in [0, 0.05) is 0 Å². The lowest BCUT2D eigenvalue weighted by Crippen LogP contribution is -2.30. The van der Waals surface area contributed by atoms with Crippen molar-refractivity contribution in [3.05, 3.63) is 11.9 Å². The van der Waals surface area contributed by atoms with Crippen LogP contribution < -0.4 is 10.5 Å². The van der Waals surface area contributed by atoms with Crippen LogP contribution in [0.2, 0.25) is 0 Å². The zero-order chi connectivity index (χ0) is 14.7. The average Bonchev–Trinajstić information content (AvgIpc) is 2.41. The quantitative estimate of drug-likeness (QED) is 0.876. The van der Waals surface area contributed by atoms with Crippen LogP contribution in [0.15, 0.2) is 6.20 Å². The van der Waals surface area contributed by atoms with Gasteiger partial charge in [-0.05, 0) is 31.6 Å². The summed E-state index contributed by atoms with van der Waals surface area (Å²) in [6, 6.07) is 0. The number of nitrogens with two attached hydrogens (primary N) is 1. The van der Waals surface area contributed by atoms with Crippen LogP contribution in [-0.2, 0) is 4.79 Å². The van der Waals surface area contributed by atoms with E-state index in [2.05, 4.69) is 9.97 Å². The van der Waals surface area contributed by atoms with Crippen LogP contribution in [-0.4, -0.2) is 27.1 Å². The van der Waals surface area contributed by atoms with Crippen molar-refractivity contribution < 1.29 is 14.6 Å². The Labute approximate surface area is 118 Å². The molecule has 0 radical (unpaired) electrons. The Morgan fingerprint density at radius 3 is 2.85 bits per heavy atom. The van der Waals surface area contributed by atoms with Gasteiger partial charge in [0.2, 0.25) is 0 Å². The van der Waals surface area contributed by atoms with Crippen LogP contribution in [0.25, 0.3) is 0 Å². The van der Waals surface area contributed by atoms with Crippen LogP contribution in [0.1, 0.15) is 51.1 Å². The van der Waals surface area contributed by atoms with Gasteiger partial charge in [-0.2, -0.15) is 0 Å². The molecule has 0 aliphatic heterocycles. The Morgan fingerprint density at radius 1 is 1.50 bits per heavy atom. The maximum absolute atomic E-state index is 11.0. The van der Waals surface area contributed by atoms with Crippen LogP contribution in [0.4, 0.5) is 5.82 Å². The second kappa shape index (κ2) is 6.07. The molecule has 2 atom stereocenters. The molecule has 0 amide bonds. The molecule has 0 unspecified atom stereocenters. The SMILES string of the molecule is CC(C)c1cnc(O[C@H]2CCC[C@H](C(=O)O)C2)c(N)n1. The van der Waals surface area contributed by atoms with Gasteiger partial charge in [-0.25, -0.2) is 9.97 Å². The van der Waals surface area contributed by atoms with E-state index in [1.165, 1.54) is 0 Å². The average molecular weight is 279 g/mol. The molecular weight excluding hydrogens is 258 g/mol. The molecule has 1 saturated carbocycles. The monoisotopic (exact) mass is 279 g/mol. The van der Waals surface area contributed by atoms with Gasteiger partial charge in [0.15, 0.2) is 5.82 Å². The van der Waals surface area contributed by atoms with E-state index in [1.807, 2.05) is 13.8 Å². The summed E-state index contributed by atoms with van der Waals surface area (Å²) < 4.78 is 5.74. The van der Waals surface area contributed by atoms with Gasteiger partial charge in [0.05, 0.1) is 17.8 Å². The van der Waals surface area contributed by atoms with Gasteiger partial charge >= 0.3 is 5.97 Å². The Balaban J connectivity index is 2.04. The molecule has 1 aromatic rings. The Hall–Kier alpha value is -1.85. The number of nitrogens with zero attached hydrogens (tertiary/aromatic N) is 2. The molecular formula is C14H21N3O3. The summed E-state index contributed by atoms with van der Waals surface area (Å²) in [5.74, 6) is -0.255. The molecule has 3 N–H and O–H groups in total. The summed E-state index contributed by atoms with van der Waals surface area (Å²) in [6.45, 7) is 4.03. The fraction of sp³-hybridized carbons (Fsp3) is 0.643. The van der Waals surface area contributed by atoms with Gasteiger partial charge < -0.3 is 15.6 Å². The van der Waals surface area contributed by atoms with E-state index in [0.29, 0.717) is 18.7 Å². The number of carbonyl (C=O) groups is 1. The maximum Gasteiger partial charge on any atom is 0.306 e. The summed E-state index contributed by atoms with van der Waals surface area (Å²) in [6.07, 6.45) is 4.40. The van der Waals surface area contributed by atoms with Crippen molar-refractivity contribution in [1.82, 2.24) is 9.97 Å². The van der Waals surface area contributed by atoms with Crippen molar-refractivity contribution in [3.63, 3.8) is 0 Å². The first kappa shape index (κ1) is 14.6. The van der Waals surface area contributed by atoms with Crippen LogP contribution in [0.5, 0.6) is 5.88 Å². The Kier molecular flexibility index (Phi) is 4.42. The maximum atomic E-state index is 11.0. The van der Waals surface area contributed by atoms with Gasteiger partial charge in [-0.1, -0.05) is 13.8 Å². The second-order valence-electron chi connectivity index (χ2n) is 5.58. The lowest BCUT2D eigenvalue weighted by molar-refractivity contribution is -0.143. The summed E-state index contributed by atoms with van der Waals surface area (Å²) in [4.78, 5) is 19.5. The van der Waals surface area contributed by atoms with E-state index in [4.69, 9.17) is 15.6 Å². The van der Waals surface area contributed by atoms with Crippen molar-refractivity contribution in [1.29, 1.82) is 0 Å². The highest BCUT2D eigenvalue weighted by molar-refractivity contribution is 5.70. The van der Waals surface area contributed by atoms with Crippen molar-refractivity contribution in [2.75, 3.05) is 5.73 Å². The number of hydrogen-bond donors (Lipinski definition) is 2. The van der Waals surface area contributed by atoms with E-state index in [9.17, 15) is 4.79 Å². The van der Waals surface area contributed by atoms with Crippen molar-refractivity contribution in [2.24, 2.45) is 5.92 Å². The highest BCUT2D eigenvalue weighted by Crippen LogP contribution is 2.29. The smallest absolute Gasteiger partial charge is 0.306 e. The predicted molar refractivity (Wildman–Crippen MR) is 74.5 cm³/mol. The van der Waals surface area contributed by atoms with Gasteiger partial charge in [-0.3, -0.25) is 4.79 Å². The molecule has 20 heavy (non-hydrogen) atoms. The summed E-state index contributed by atoms with van der Waals surface area (Å²) in [5, 5.41) is 9.07. The Bertz CT molecular complexity index is 491. The number of anilines is 1. The number of rotatable bonds is 4. The molecule has 1 aromatic heterocycles. The first-order valence-corrected chi connectivity index (χ1v) is 6.99. The number of ether oxygens (including phenoxy) is 1. The van der Waals surface area contributed by atoms with Crippen LogP contribution in [0.3, 0.4) is 0 Å².